The molecule has 0 fully saturated rings. The van der Waals surface area contributed by atoms with Crippen molar-refractivity contribution in [3.8, 4) is 22.9 Å². The standard InChI is InChI=1S/C13H14N2O4S/c1-18-8-3-4-10(12(5-8)19-2)15-13(17)6-11(16)9(7-20)14-15/h3-6,16,20H,7H2,1-2H3. The monoisotopic (exact) mass is 294 g/mol. The zero-order valence-electron chi connectivity index (χ0n) is 11.0. The maximum Gasteiger partial charge on any atom is 0.275 e. The van der Waals surface area contributed by atoms with Gasteiger partial charge >= 0.3 is 0 Å². The molecule has 6 nitrogen and oxygen atoms in total. The molecule has 1 N–H and O–H groups in total. The predicted octanol–water partition coefficient (Wildman–Crippen LogP) is 1.39. The van der Waals surface area contributed by atoms with Crippen LogP contribution in [-0.4, -0.2) is 29.1 Å². The van der Waals surface area contributed by atoms with Crippen LogP contribution in [0.5, 0.6) is 17.2 Å². The minimum absolute atomic E-state index is 0.172. The van der Waals surface area contributed by atoms with Crippen LogP contribution in [-0.2, 0) is 5.75 Å². The van der Waals surface area contributed by atoms with Crippen LogP contribution in [0.25, 0.3) is 5.69 Å². The van der Waals surface area contributed by atoms with Gasteiger partial charge < -0.3 is 14.6 Å². The van der Waals surface area contributed by atoms with Crippen molar-refractivity contribution in [3.63, 3.8) is 0 Å². The van der Waals surface area contributed by atoms with Crippen molar-refractivity contribution < 1.29 is 14.6 Å². The van der Waals surface area contributed by atoms with Gasteiger partial charge in [-0.25, -0.2) is 0 Å². The number of ether oxygens (including phenoxy) is 2. The number of aromatic nitrogens is 2. The quantitative estimate of drug-likeness (QED) is 0.834. The smallest absolute Gasteiger partial charge is 0.275 e. The highest BCUT2D eigenvalue weighted by Crippen LogP contribution is 2.27. The lowest BCUT2D eigenvalue weighted by molar-refractivity contribution is 0.391. The van der Waals surface area contributed by atoms with Crippen molar-refractivity contribution in [3.05, 3.63) is 40.3 Å². The molecule has 0 saturated carbocycles. The van der Waals surface area contributed by atoms with Crippen molar-refractivity contribution in [2.24, 2.45) is 0 Å². The molecule has 2 aromatic rings. The fraction of sp³-hybridized carbons (Fsp3) is 0.231. The zero-order valence-corrected chi connectivity index (χ0v) is 11.9. The highest BCUT2D eigenvalue weighted by Gasteiger charge is 2.13. The molecule has 106 valence electrons. The van der Waals surface area contributed by atoms with Crippen molar-refractivity contribution in [2.75, 3.05) is 14.2 Å². The van der Waals surface area contributed by atoms with Gasteiger partial charge in [0.05, 0.1) is 14.2 Å². The fourth-order valence-corrected chi connectivity index (χ4v) is 1.95. The van der Waals surface area contributed by atoms with Gasteiger partial charge in [0.1, 0.15) is 28.6 Å². The molecule has 0 amide bonds. The normalized spacial score (nSPS) is 10.3. The second-order valence-corrected chi connectivity index (χ2v) is 4.24. The van der Waals surface area contributed by atoms with E-state index in [1.54, 1.807) is 25.3 Å². The third kappa shape index (κ3) is 2.57. The molecule has 1 aromatic carbocycles. The summed E-state index contributed by atoms with van der Waals surface area (Å²) in [5.41, 5.74) is 0.309. The first-order valence-corrected chi connectivity index (χ1v) is 6.39. The molecule has 0 aliphatic rings. The van der Waals surface area contributed by atoms with Crippen LogP contribution in [0, 0.1) is 0 Å². The lowest BCUT2D eigenvalue weighted by Gasteiger charge is -2.12. The molecule has 1 aromatic heterocycles. The number of aromatic hydroxyl groups is 1. The molecule has 0 aliphatic heterocycles. The second-order valence-electron chi connectivity index (χ2n) is 3.92. The summed E-state index contributed by atoms with van der Waals surface area (Å²) < 4.78 is 11.5. The Hall–Kier alpha value is -2.15. The van der Waals surface area contributed by atoms with Crippen molar-refractivity contribution in [1.29, 1.82) is 0 Å². The lowest BCUT2D eigenvalue weighted by Crippen LogP contribution is -2.21. The first kappa shape index (κ1) is 14.3. The van der Waals surface area contributed by atoms with E-state index in [9.17, 15) is 9.90 Å². The van der Waals surface area contributed by atoms with Gasteiger partial charge in [-0.1, -0.05) is 0 Å². The minimum atomic E-state index is -0.462. The van der Waals surface area contributed by atoms with Gasteiger partial charge in [0, 0.05) is 17.9 Å². The average Bonchev–Trinajstić information content (AvgIpc) is 2.47. The average molecular weight is 294 g/mol. The van der Waals surface area contributed by atoms with Gasteiger partial charge in [0.15, 0.2) is 0 Å². The Kier molecular flexibility index (Phi) is 4.19. The summed E-state index contributed by atoms with van der Waals surface area (Å²) in [5, 5.41) is 13.7. The van der Waals surface area contributed by atoms with Gasteiger partial charge in [0.2, 0.25) is 0 Å². The van der Waals surface area contributed by atoms with Crippen LogP contribution in [0.15, 0.2) is 29.1 Å². The molecule has 0 saturated heterocycles. The molecule has 2 rings (SSSR count). The summed E-state index contributed by atoms with van der Waals surface area (Å²) in [4.78, 5) is 12.0. The van der Waals surface area contributed by atoms with Gasteiger partial charge in [-0.05, 0) is 12.1 Å². The van der Waals surface area contributed by atoms with Gasteiger partial charge in [-0.15, -0.1) is 0 Å². The molecule has 0 radical (unpaired) electrons. The Labute approximate surface area is 121 Å². The van der Waals surface area contributed by atoms with Crippen molar-refractivity contribution >= 4 is 12.6 Å². The second kappa shape index (κ2) is 5.87. The Balaban J connectivity index is 2.65. The van der Waals surface area contributed by atoms with Gasteiger partial charge in [-0.2, -0.15) is 22.4 Å². The molecule has 0 unspecified atom stereocenters. The maximum absolute atomic E-state index is 12.0. The molecule has 7 heteroatoms. The Morgan fingerprint density at radius 1 is 1.30 bits per heavy atom. The molecule has 0 atom stereocenters. The van der Waals surface area contributed by atoms with E-state index in [0.717, 1.165) is 10.7 Å². The number of hydrogen-bond donors (Lipinski definition) is 2. The van der Waals surface area contributed by atoms with E-state index in [4.69, 9.17) is 9.47 Å². The Morgan fingerprint density at radius 3 is 2.65 bits per heavy atom. The van der Waals surface area contributed by atoms with Crippen LogP contribution < -0.4 is 15.0 Å². The predicted molar refractivity (Wildman–Crippen MR) is 77.3 cm³/mol. The zero-order chi connectivity index (χ0) is 14.7. The summed E-state index contributed by atoms with van der Waals surface area (Å²) in [6.07, 6.45) is 0. The molecule has 0 aliphatic carbocycles. The van der Waals surface area contributed by atoms with Crippen LogP contribution in [0.4, 0.5) is 0 Å². The summed E-state index contributed by atoms with van der Waals surface area (Å²) in [6.45, 7) is 0. The first-order valence-electron chi connectivity index (χ1n) is 5.76. The Bertz CT molecular complexity index is 685. The number of benzene rings is 1. The molecule has 0 spiro atoms. The third-order valence-electron chi connectivity index (χ3n) is 2.75. The number of thiol groups is 1. The van der Waals surface area contributed by atoms with Gasteiger partial charge in [0.25, 0.3) is 5.56 Å². The topological polar surface area (TPSA) is 73.6 Å². The van der Waals surface area contributed by atoms with E-state index >= 15 is 0 Å². The summed E-state index contributed by atoms with van der Waals surface area (Å²) in [5.74, 6) is 1.08. The van der Waals surface area contributed by atoms with E-state index < -0.39 is 5.56 Å². The summed E-state index contributed by atoms with van der Waals surface area (Å²) in [7, 11) is 3.03. The van der Waals surface area contributed by atoms with E-state index in [0.29, 0.717) is 22.9 Å². The summed E-state index contributed by atoms with van der Waals surface area (Å²) in [6, 6.07) is 6.10. The largest absolute Gasteiger partial charge is 0.506 e. The fourth-order valence-electron chi connectivity index (χ4n) is 1.73. The SMILES string of the molecule is COc1ccc(-n2nc(CS)c(O)cc2=O)c(OC)c1. The van der Waals surface area contributed by atoms with Gasteiger partial charge in [-0.3, -0.25) is 4.79 Å². The van der Waals surface area contributed by atoms with Crippen molar-refractivity contribution in [1.82, 2.24) is 9.78 Å². The van der Waals surface area contributed by atoms with Crippen molar-refractivity contribution in [2.45, 2.75) is 5.75 Å². The van der Waals surface area contributed by atoms with E-state index in [1.807, 2.05) is 0 Å². The molecule has 0 bridgehead atoms. The third-order valence-corrected chi connectivity index (χ3v) is 3.05. The highest BCUT2D eigenvalue weighted by molar-refractivity contribution is 7.79. The van der Waals surface area contributed by atoms with E-state index in [1.165, 1.54) is 7.11 Å². The lowest BCUT2D eigenvalue weighted by atomic mass is 10.2. The number of methoxy groups -OCH3 is 2. The molecular weight excluding hydrogens is 280 g/mol. The molecular formula is C13H14N2O4S. The molecule has 20 heavy (non-hydrogen) atoms. The number of nitrogens with zero attached hydrogens (tertiary/aromatic N) is 2. The number of rotatable bonds is 4. The van der Waals surface area contributed by atoms with E-state index in [2.05, 4.69) is 17.7 Å². The summed E-state index contributed by atoms with van der Waals surface area (Å²) >= 11 is 4.06. The van der Waals surface area contributed by atoms with Crippen LogP contribution >= 0.6 is 12.6 Å². The van der Waals surface area contributed by atoms with Crippen LogP contribution in [0.2, 0.25) is 0 Å². The van der Waals surface area contributed by atoms with Crippen LogP contribution in [0.3, 0.4) is 0 Å². The van der Waals surface area contributed by atoms with Crippen LogP contribution in [0.1, 0.15) is 5.69 Å². The number of hydrogen-bond acceptors (Lipinski definition) is 6. The molecule has 1 heterocycles. The maximum atomic E-state index is 12.0. The van der Waals surface area contributed by atoms with E-state index in [-0.39, 0.29) is 11.5 Å². The minimum Gasteiger partial charge on any atom is -0.506 e. The first-order chi connectivity index (χ1) is 9.60. The Morgan fingerprint density at radius 2 is 2.05 bits per heavy atom. The highest BCUT2D eigenvalue weighted by atomic mass is 32.1.